The Morgan fingerprint density at radius 3 is 2.54 bits per heavy atom. The number of carbonyl (C=O) groups excluding carboxylic acids is 1. The minimum absolute atomic E-state index is 0.0312. The molecule has 128 valence electrons. The Hall–Kier alpha value is -1.79. The molecule has 7 heteroatoms. The molecule has 0 aliphatic carbocycles. The van der Waals surface area contributed by atoms with Gasteiger partial charge in [0.25, 0.3) is 0 Å². The summed E-state index contributed by atoms with van der Waals surface area (Å²) >= 11 is 6.11. The minimum Gasteiger partial charge on any atom is -0.287 e. The first-order valence-electron chi connectivity index (χ1n) is 7.42. The number of amides is 1. The molecule has 3 nitrogen and oxygen atoms in total. The summed E-state index contributed by atoms with van der Waals surface area (Å²) in [4.78, 5) is 11.9. The molecule has 2 aromatic carbocycles. The number of hydrazine groups is 1. The van der Waals surface area contributed by atoms with Crippen molar-refractivity contribution < 1.29 is 18.0 Å². The lowest BCUT2D eigenvalue weighted by molar-refractivity contribution is -0.191. The van der Waals surface area contributed by atoms with Gasteiger partial charge < -0.3 is 0 Å². The third-order valence-corrected chi connectivity index (χ3v) is 4.55. The Kier molecular flexibility index (Phi) is 4.00. The van der Waals surface area contributed by atoms with Crippen LogP contribution in [-0.4, -0.2) is 23.6 Å². The Morgan fingerprint density at radius 1 is 1.25 bits per heavy atom. The summed E-state index contributed by atoms with van der Waals surface area (Å²) < 4.78 is 41.1. The first-order valence-corrected chi connectivity index (χ1v) is 7.80. The number of alkyl halides is 3. The number of nitrogens with zero attached hydrogens (tertiary/aromatic N) is 1. The number of hydrogen-bond donors (Lipinski definition) is 1. The standard InChI is InChI=1S/C17H16ClF3N2O/c1-16(2)9-23(22-15(16)24)14(17(19,20)21)11-7-6-10-4-3-5-13(18)12(10)8-11/h3-8,14H,9H2,1-2H3,(H,22,24). The first kappa shape index (κ1) is 17.0. The van der Waals surface area contributed by atoms with E-state index in [0.29, 0.717) is 10.4 Å². The summed E-state index contributed by atoms with van der Waals surface area (Å²) in [5, 5.41) is 2.66. The van der Waals surface area contributed by atoms with Gasteiger partial charge in [0.2, 0.25) is 5.91 Å². The maximum absolute atomic E-state index is 13.7. The largest absolute Gasteiger partial charge is 0.409 e. The molecule has 1 aliphatic heterocycles. The minimum atomic E-state index is -4.54. The normalized spacial score (nSPS) is 19.5. The lowest BCUT2D eigenvalue weighted by Gasteiger charge is -2.30. The smallest absolute Gasteiger partial charge is 0.287 e. The van der Waals surface area contributed by atoms with Crippen molar-refractivity contribution in [2.24, 2.45) is 5.41 Å². The molecule has 0 saturated carbocycles. The van der Waals surface area contributed by atoms with E-state index < -0.39 is 23.5 Å². The fraction of sp³-hybridized carbons (Fsp3) is 0.353. The summed E-state index contributed by atoms with van der Waals surface area (Å²) in [6.45, 7) is 3.20. The molecule has 1 N–H and O–H groups in total. The predicted octanol–water partition coefficient (Wildman–Crippen LogP) is 4.47. The van der Waals surface area contributed by atoms with Gasteiger partial charge in [0.15, 0.2) is 0 Å². The second kappa shape index (κ2) is 5.63. The Morgan fingerprint density at radius 2 is 1.96 bits per heavy atom. The average molecular weight is 357 g/mol. The summed E-state index contributed by atoms with van der Waals surface area (Å²) in [7, 11) is 0. The maximum atomic E-state index is 13.7. The van der Waals surface area contributed by atoms with Crippen LogP contribution in [0.1, 0.15) is 25.5 Å². The van der Waals surface area contributed by atoms with E-state index in [4.69, 9.17) is 11.6 Å². The summed E-state index contributed by atoms with van der Waals surface area (Å²) in [5.74, 6) is -0.421. The molecular formula is C17H16ClF3N2O. The van der Waals surface area contributed by atoms with Crippen molar-refractivity contribution in [3.8, 4) is 0 Å². The van der Waals surface area contributed by atoms with Crippen molar-refractivity contribution in [3.05, 3.63) is 47.0 Å². The molecule has 1 amide bonds. The van der Waals surface area contributed by atoms with Gasteiger partial charge in [-0.25, -0.2) is 5.01 Å². The van der Waals surface area contributed by atoms with E-state index in [0.717, 1.165) is 10.4 Å². The number of fused-ring (bicyclic) bond motifs is 1. The van der Waals surface area contributed by atoms with Crippen LogP contribution in [0.4, 0.5) is 13.2 Å². The maximum Gasteiger partial charge on any atom is 0.409 e. The zero-order chi connectivity index (χ0) is 17.7. The Labute approximate surface area is 142 Å². The van der Waals surface area contributed by atoms with Crippen molar-refractivity contribution in [3.63, 3.8) is 0 Å². The molecule has 1 atom stereocenters. The monoisotopic (exact) mass is 356 g/mol. The van der Waals surface area contributed by atoms with Crippen molar-refractivity contribution in [1.82, 2.24) is 10.4 Å². The zero-order valence-electron chi connectivity index (χ0n) is 13.1. The highest BCUT2D eigenvalue weighted by molar-refractivity contribution is 6.35. The van der Waals surface area contributed by atoms with E-state index in [1.165, 1.54) is 12.1 Å². The number of rotatable bonds is 2. The topological polar surface area (TPSA) is 32.3 Å². The summed E-state index contributed by atoms with van der Waals surface area (Å²) in [6, 6.07) is 7.71. The quantitative estimate of drug-likeness (QED) is 0.861. The van der Waals surface area contributed by atoms with Crippen LogP contribution in [0.15, 0.2) is 36.4 Å². The highest BCUT2D eigenvalue weighted by Gasteiger charge is 2.51. The van der Waals surface area contributed by atoms with Crippen molar-refractivity contribution in [2.75, 3.05) is 6.54 Å². The highest BCUT2D eigenvalue weighted by atomic mass is 35.5. The average Bonchev–Trinajstić information content (AvgIpc) is 2.71. The lowest BCUT2D eigenvalue weighted by atomic mass is 9.93. The summed E-state index contributed by atoms with van der Waals surface area (Å²) in [6.07, 6.45) is -4.54. The van der Waals surface area contributed by atoms with Crippen molar-refractivity contribution in [2.45, 2.75) is 26.1 Å². The second-order valence-corrected chi connectivity index (χ2v) is 7.02. The van der Waals surface area contributed by atoms with Gasteiger partial charge in [-0.1, -0.05) is 35.9 Å². The molecule has 2 aromatic rings. The molecule has 0 radical (unpaired) electrons. The van der Waals surface area contributed by atoms with E-state index in [1.807, 2.05) is 0 Å². The van der Waals surface area contributed by atoms with Crippen LogP contribution in [0, 0.1) is 5.41 Å². The van der Waals surface area contributed by atoms with Gasteiger partial charge in [0.1, 0.15) is 6.04 Å². The first-order chi connectivity index (χ1) is 11.1. The number of hydrogen-bond acceptors (Lipinski definition) is 2. The van der Waals surface area contributed by atoms with Crippen LogP contribution in [0.5, 0.6) is 0 Å². The number of halogens is 4. The molecule has 3 rings (SSSR count). The lowest BCUT2D eigenvalue weighted by Crippen LogP contribution is -2.43. The second-order valence-electron chi connectivity index (χ2n) is 6.62. The number of benzene rings is 2. The van der Waals surface area contributed by atoms with Gasteiger partial charge in [-0.3, -0.25) is 10.2 Å². The highest BCUT2D eigenvalue weighted by Crippen LogP contribution is 2.41. The van der Waals surface area contributed by atoms with Crippen LogP contribution in [0.3, 0.4) is 0 Å². The van der Waals surface area contributed by atoms with Crippen LogP contribution in [0.25, 0.3) is 10.8 Å². The van der Waals surface area contributed by atoms with Crippen LogP contribution >= 0.6 is 11.6 Å². The Bertz CT molecular complexity index is 804. The van der Waals surface area contributed by atoms with Gasteiger partial charge >= 0.3 is 6.18 Å². The third-order valence-electron chi connectivity index (χ3n) is 4.22. The van der Waals surface area contributed by atoms with Gasteiger partial charge in [-0.05, 0) is 36.9 Å². The molecule has 1 fully saturated rings. The van der Waals surface area contributed by atoms with Gasteiger partial charge in [0.05, 0.1) is 5.41 Å². The Balaban J connectivity index is 2.08. The van der Waals surface area contributed by atoms with E-state index in [2.05, 4.69) is 5.43 Å². The molecule has 24 heavy (non-hydrogen) atoms. The van der Waals surface area contributed by atoms with Crippen LogP contribution in [-0.2, 0) is 4.79 Å². The predicted molar refractivity (Wildman–Crippen MR) is 86.4 cm³/mol. The molecule has 0 aromatic heterocycles. The van der Waals surface area contributed by atoms with Gasteiger partial charge in [-0.15, -0.1) is 0 Å². The molecule has 1 aliphatic rings. The van der Waals surface area contributed by atoms with Crippen molar-refractivity contribution >= 4 is 28.3 Å². The van der Waals surface area contributed by atoms with E-state index in [-0.39, 0.29) is 12.1 Å². The van der Waals surface area contributed by atoms with Crippen LogP contribution < -0.4 is 5.43 Å². The SMILES string of the molecule is CC1(C)CN(C(c2ccc3cccc(Cl)c3c2)C(F)(F)F)NC1=O. The fourth-order valence-electron chi connectivity index (χ4n) is 2.94. The summed E-state index contributed by atoms with van der Waals surface area (Å²) in [5.41, 5.74) is 1.52. The van der Waals surface area contributed by atoms with E-state index >= 15 is 0 Å². The number of nitrogens with one attached hydrogen (secondary N) is 1. The fourth-order valence-corrected chi connectivity index (χ4v) is 3.18. The molecule has 1 saturated heterocycles. The molecule has 1 heterocycles. The molecule has 0 bridgehead atoms. The number of carbonyl (C=O) groups is 1. The molecule has 0 spiro atoms. The van der Waals surface area contributed by atoms with E-state index in [9.17, 15) is 18.0 Å². The molecule has 1 unspecified atom stereocenters. The van der Waals surface area contributed by atoms with Crippen molar-refractivity contribution in [1.29, 1.82) is 0 Å². The third kappa shape index (κ3) is 2.96. The van der Waals surface area contributed by atoms with Gasteiger partial charge in [-0.2, -0.15) is 13.2 Å². The van der Waals surface area contributed by atoms with E-state index in [1.54, 1.807) is 38.1 Å². The zero-order valence-corrected chi connectivity index (χ0v) is 13.9. The van der Waals surface area contributed by atoms with Gasteiger partial charge in [0, 0.05) is 17.0 Å². The molecular weight excluding hydrogens is 341 g/mol. The van der Waals surface area contributed by atoms with Crippen LogP contribution in [0.2, 0.25) is 5.02 Å².